The highest BCUT2D eigenvalue weighted by Gasteiger charge is 2.24. The van der Waals surface area contributed by atoms with Crippen LogP contribution in [0.4, 0.5) is 0 Å². The lowest BCUT2D eigenvalue weighted by Gasteiger charge is -2.26. The zero-order chi connectivity index (χ0) is 18.1. The summed E-state index contributed by atoms with van der Waals surface area (Å²) in [7, 11) is 0. The Hall–Kier alpha value is -3.17. The van der Waals surface area contributed by atoms with Crippen LogP contribution in [-0.4, -0.2) is 28.6 Å². The number of carbonyl (C=O) groups excluding carboxylic acids is 1. The van der Waals surface area contributed by atoms with Gasteiger partial charge in [-0.25, -0.2) is 4.98 Å². The van der Waals surface area contributed by atoms with E-state index in [1.54, 1.807) is 24.3 Å². The van der Waals surface area contributed by atoms with Crippen LogP contribution >= 0.6 is 0 Å². The van der Waals surface area contributed by atoms with Gasteiger partial charge < -0.3 is 14.6 Å². The van der Waals surface area contributed by atoms with Crippen LogP contribution in [0.15, 0.2) is 42.5 Å². The number of ether oxygens (including phenoxy) is 1. The summed E-state index contributed by atoms with van der Waals surface area (Å²) in [6.45, 7) is 3.51. The molecule has 130 valence electrons. The fraction of sp³-hybridized carbons (Fsp3) is 0.250. The molecule has 2 heterocycles. The Kier molecular flexibility index (Phi) is 4.15. The van der Waals surface area contributed by atoms with Crippen LogP contribution in [0.1, 0.15) is 33.4 Å². The number of aryl methyl sites for hydroxylation is 1. The van der Waals surface area contributed by atoms with Crippen LogP contribution in [0.3, 0.4) is 0 Å². The van der Waals surface area contributed by atoms with Gasteiger partial charge in [0.15, 0.2) is 0 Å². The molecule has 0 unspecified atom stereocenters. The van der Waals surface area contributed by atoms with Crippen molar-refractivity contribution in [2.24, 2.45) is 0 Å². The average Bonchev–Trinajstić information content (AvgIpc) is 3.04. The van der Waals surface area contributed by atoms with Crippen molar-refractivity contribution in [1.82, 2.24) is 14.9 Å². The normalized spacial score (nSPS) is 16.1. The first kappa shape index (κ1) is 16.3. The van der Waals surface area contributed by atoms with E-state index in [0.717, 1.165) is 16.9 Å². The lowest BCUT2D eigenvalue weighted by atomic mass is 10.1. The van der Waals surface area contributed by atoms with Gasteiger partial charge in [-0.1, -0.05) is 6.07 Å². The zero-order valence-corrected chi connectivity index (χ0v) is 14.4. The van der Waals surface area contributed by atoms with Crippen molar-refractivity contribution in [2.75, 3.05) is 13.2 Å². The molecule has 1 N–H and O–H groups in total. The van der Waals surface area contributed by atoms with Crippen molar-refractivity contribution in [1.29, 1.82) is 5.26 Å². The number of rotatable bonds is 3. The number of nitriles is 1. The van der Waals surface area contributed by atoms with Gasteiger partial charge in [0.25, 0.3) is 5.91 Å². The summed E-state index contributed by atoms with van der Waals surface area (Å²) in [5, 5.41) is 11.8. The third-order valence-electron chi connectivity index (χ3n) is 4.60. The Morgan fingerprint density at radius 2 is 2.15 bits per heavy atom. The summed E-state index contributed by atoms with van der Waals surface area (Å²) in [5.74, 6) is 0.719. The van der Waals surface area contributed by atoms with E-state index in [1.165, 1.54) is 5.56 Å². The number of nitrogens with one attached hydrogen (secondary N) is 1. The van der Waals surface area contributed by atoms with E-state index < -0.39 is 0 Å². The molecule has 1 atom stereocenters. The second kappa shape index (κ2) is 6.62. The molecule has 0 fully saturated rings. The standard InChI is InChI=1S/C20H18N4O2/c1-13-2-7-17-18(8-13)24-16(11-26-12-19(24)23-17)10-22-20(25)15-5-3-14(9-21)4-6-15/h2-8,16H,10-12H2,1H3,(H,22,25)/t16-/m0/s1. The summed E-state index contributed by atoms with van der Waals surface area (Å²) in [6.07, 6.45) is 0. The third kappa shape index (κ3) is 2.93. The lowest BCUT2D eigenvalue weighted by molar-refractivity contribution is 0.0553. The SMILES string of the molecule is Cc1ccc2nc3n(c2c1)[C@@H](CNC(=O)c1ccc(C#N)cc1)COC3. The van der Waals surface area contributed by atoms with Crippen molar-refractivity contribution in [3.05, 3.63) is 65.0 Å². The van der Waals surface area contributed by atoms with Gasteiger partial charge in [-0.15, -0.1) is 0 Å². The molecule has 0 saturated carbocycles. The monoisotopic (exact) mass is 346 g/mol. The topological polar surface area (TPSA) is 79.9 Å². The largest absolute Gasteiger partial charge is 0.371 e. The van der Waals surface area contributed by atoms with Crippen LogP contribution in [0.2, 0.25) is 0 Å². The van der Waals surface area contributed by atoms with Gasteiger partial charge in [0.2, 0.25) is 0 Å². The molecule has 1 amide bonds. The Labute approximate surface area is 151 Å². The molecule has 2 aromatic carbocycles. The molecular weight excluding hydrogens is 328 g/mol. The first-order valence-corrected chi connectivity index (χ1v) is 8.49. The van der Waals surface area contributed by atoms with Crippen LogP contribution in [0.25, 0.3) is 11.0 Å². The third-order valence-corrected chi connectivity index (χ3v) is 4.60. The summed E-state index contributed by atoms with van der Waals surface area (Å²) in [5.41, 5.74) is 4.26. The van der Waals surface area contributed by atoms with E-state index in [1.807, 2.05) is 18.2 Å². The molecule has 1 aromatic heterocycles. The molecule has 0 aliphatic carbocycles. The smallest absolute Gasteiger partial charge is 0.251 e. The second-order valence-corrected chi connectivity index (χ2v) is 6.46. The van der Waals surface area contributed by atoms with Crippen LogP contribution < -0.4 is 5.32 Å². The molecule has 1 aliphatic heterocycles. The minimum atomic E-state index is -0.165. The first-order valence-electron chi connectivity index (χ1n) is 8.49. The predicted octanol–water partition coefficient (Wildman–Crippen LogP) is 2.72. The Balaban J connectivity index is 1.55. The van der Waals surface area contributed by atoms with E-state index >= 15 is 0 Å². The van der Waals surface area contributed by atoms with E-state index in [2.05, 4.69) is 27.9 Å². The highest BCUT2D eigenvalue weighted by Crippen LogP contribution is 2.26. The number of imidazole rings is 1. The Morgan fingerprint density at radius 1 is 1.35 bits per heavy atom. The van der Waals surface area contributed by atoms with Gasteiger partial charge in [0.05, 0.1) is 35.3 Å². The van der Waals surface area contributed by atoms with Gasteiger partial charge in [0.1, 0.15) is 12.4 Å². The van der Waals surface area contributed by atoms with Gasteiger partial charge in [-0.05, 0) is 48.9 Å². The Morgan fingerprint density at radius 3 is 2.92 bits per heavy atom. The van der Waals surface area contributed by atoms with E-state index in [-0.39, 0.29) is 11.9 Å². The number of carbonyl (C=O) groups is 1. The minimum Gasteiger partial charge on any atom is -0.371 e. The summed E-state index contributed by atoms with van der Waals surface area (Å²) in [4.78, 5) is 17.0. The lowest BCUT2D eigenvalue weighted by Crippen LogP contribution is -2.35. The van der Waals surface area contributed by atoms with E-state index in [9.17, 15) is 4.79 Å². The minimum absolute atomic E-state index is 0.00659. The molecule has 4 rings (SSSR count). The molecule has 6 heteroatoms. The molecule has 26 heavy (non-hydrogen) atoms. The molecule has 6 nitrogen and oxygen atoms in total. The van der Waals surface area contributed by atoms with Crippen molar-refractivity contribution in [3.63, 3.8) is 0 Å². The van der Waals surface area contributed by atoms with E-state index in [4.69, 9.17) is 10.00 Å². The van der Waals surface area contributed by atoms with Crippen molar-refractivity contribution < 1.29 is 9.53 Å². The van der Waals surface area contributed by atoms with Crippen LogP contribution in [0, 0.1) is 18.3 Å². The number of hydrogen-bond donors (Lipinski definition) is 1. The molecule has 3 aromatic rings. The fourth-order valence-electron chi connectivity index (χ4n) is 3.28. The van der Waals surface area contributed by atoms with Crippen molar-refractivity contribution >= 4 is 16.9 Å². The number of nitrogens with zero attached hydrogens (tertiary/aromatic N) is 3. The van der Waals surface area contributed by atoms with Crippen molar-refractivity contribution in [3.8, 4) is 6.07 Å². The fourth-order valence-corrected chi connectivity index (χ4v) is 3.28. The van der Waals surface area contributed by atoms with Gasteiger partial charge in [0, 0.05) is 12.1 Å². The predicted molar refractivity (Wildman–Crippen MR) is 96.7 cm³/mol. The van der Waals surface area contributed by atoms with Crippen LogP contribution in [0.5, 0.6) is 0 Å². The summed E-state index contributed by atoms with van der Waals surface area (Å²) in [6, 6.07) is 14.8. The Bertz CT molecular complexity index is 1010. The van der Waals surface area contributed by atoms with Gasteiger partial charge in [-0.3, -0.25) is 4.79 Å². The number of amides is 1. The molecule has 0 radical (unpaired) electrons. The van der Waals surface area contributed by atoms with E-state index in [0.29, 0.717) is 30.9 Å². The molecular formula is C20H18N4O2. The number of hydrogen-bond acceptors (Lipinski definition) is 4. The first-order chi connectivity index (χ1) is 12.7. The molecule has 0 spiro atoms. The maximum atomic E-state index is 12.4. The quantitative estimate of drug-likeness (QED) is 0.791. The summed E-state index contributed by atoms with van der Waals surface area (Å²) >= 11 is 0. The molecule has 1 aliphatic rings. The maximum absolute atomic E-state index is 12.4. The average molecular weight is 346 g/mol. The number of aromatic nitrogens is 2. The second-order valence-electron chi connectivity index (χ2n) is 6.46. The highest BCUT2D eigenvalue weighted by atomic mass is 16.5. The zero-order valence-electron chi connectivity index (χ0n) is 14.4. The summed E-state index contributed by atoms with van der Waals surface area (Å²) < 4.78 is 7.84. The van der Waals surface area contributed by atoms with Gasteiger partial charge >= 0.3 is 0 Å². The van der Waals surface area contributed by atoms with Crippen molar-refractivity contribution in [2.45, 2.75) is 19.6 Å². The van der Waals surface area contributed by atoms with Gasteiger partial charge in [-0.2, -0.15) is 5.26 Å². The van der Waals surface area contributed by atoms with Crippen LogP contribution in [-0.2, 0) is 11.3 Å². The molecule has 0 saturated heterocycles. The number of benzene rings is 2. The highest BCUT2D eigenvalue weighted by molar-refractivity contribution is 5.94. The maximum Gasteiger partial charge on any atom is 0.251 e. The molecule has 0 bridgehead atoms. The number of fused-ring (bicyclic) bond motifs is 3.